The first-order valence-corrected chi connectivity index (χ1v) is 11.7. The van der Waals surface area contributed by atoms with Crippen molar-refractivity contribution >= 4 is 12.4 Å². The standard InChI is InChI=1S/C19H31O5P/c1-5-14-11-15(8-6-7-13(2)20)24-19(23-14)17-12-16(25(3,4)22)9-10-18(17)21/h9-10,12-15,19-21H,5-8,11H2,1-4H3/t13-,14?,15?,19?/m0/s1. The Morgan fingerprint density at radius 3 is 2.56 bits per heavy atom. The Morgan fingerprint density at radius 1 is 1.28 bits per heavy atom. The first-order valence-electron chi connectivity index (χ1n) is 9.08. The third kappa shape index (κ3) is 5.82. The Bertz CT molecular complexity index is 610. The molecule has 1 aliphatic rings. The number of aliphatic hydroxyl groups is 1. The van der Waals surface area contributed by atoms with Crippen molar-refractivity contribution in [3.63, 3.8) is 0 Å². The molecule has 1 fully saturated rings. The van der Waals surface area contributed by atoms with Crippen molar-refractivity contribution in [2.75, 3.05) is 13.3 Å². The second-order valence-electron chi connectivity index (χ2n) is 7.37. The number of hydrogen-bond acceptors (Lipinski definition) is 5. The maximum absolute atomic E-state index is 12.4. The second-order valence-corrected chi connectivity index (χ2v) is 10.6. The minimum absolute atomic E-state index is 0.0283. The van der Waals surface area contributed by atoms with Gasteiger partial charge in [0.1, 0.15) is 12.9 Å². The van der Waals surface area contributed by atoms with E-state index in [1.165, 1.54) is 0 Å². The van der Waals surface area contributed by atoms with E-state index in [1.807, 2.05) is 0 Å². The summed E-state index contributed by atoms with van der Waals surface area (Å²) in [6.45, 7) is 7.28. The molecule has 2 N–H and O–H groups in total. The molecule has 5 nitrogen and oxygen atoms in total. The van der Waals surface area contributed by atoms with Crippen LogP contribution in [-0.4, -0.2) is 41.9 Å². The lowest BCUT2D eigenvalue weighted by Crippen LogP contribution is -2.34. The zero-order valence-corrected chi connectivity index (χ0v) is 16.5. The molecule has 0 saturated carbocycles. The van der Waals surface area contributed by atoms with Crippen LogP contribution in [-0.2, 0) is 14.0 Å². The van der Waals surface area contributed by atoms with Gasteiger partial charge in [0.2, 0.25) is 0 Å². The molecule has 1 heterocycles. The fourth-order valence-electron chi connectivity index (χ4n) is 3.09. The third-order valence-electron chi connectivity index (χ3n) is 4.65. The predicted octanol–water partition coefficient (Wildman–Crippen LogP) is 3.77. The van der Waals surface area contributed by atoms with Crippen LogP contribution in [0.3, 0.4) is 0 Å². The molecule has 2 rings (SSSR count). The van der Waals surface area contributed by atoms with Gasteiger partial charge in [-0.25, -0.2) is 0 Å². The SMILES string of the molecule is CCC1CC(CCC[C@H](C)O)OC(c2cc(P(C)(C)=O)ccc2O)O1. The molecule has 0 amide bonds. The lowest BCUT2D eigenvalue weighted by Gasteiger charge is -2.36. The predicted molar refractivity (Wildman–Crippen MR) is 100 cm³/mol. The zero-order valence-electron chi connectivity index (χ0n) is 15.6. The van der Waals surface area contributed by atoms with Crippen LogP contribution in [0.4, 0.5) is 0 Å². The highest BCUT2D eigenvalue weighted by molar-refractivity contribution is 7.70. The largest absolute Gasteiger partial charge is 0.507 e. The molecule has 0 bridgehead atoms. The van der Waals surface area contributed by atoms with Gasteiger partial charge in [0, 0.05) is 11.7 Å². The van der Waals surface area contributed by atoms with Crippen LogP contribution in [0.25, 0.3) is 0 Å². The van der Waals surface area contributed by atoms with Gasteiger partial charge in [-0.1, -0.05) is 6.92 Å². The lowest BCUT2D eigenvalue weighted by molar-refractivity contribution is -0.249. The van der Waals surface area contributed by atoms with Crippen molar-refractivity contribution in [3.8, 4) is 5.75 Å². The van der Waals surface area contributed by atoms with Gasteiger partial charge in [-0.05, 0) is 64.1 Å². The summed E-state index contributed by atoms with van der Waals surface area (Å²) in [5, 5.41) is 20.4. The molecule has 0 aliphatic carbocycles. The van der Waals surface area contributed by atoms with Gasteiger partial charge in [0.15, 0.2) is 6.29 Å². The van der Waals surface area contributed by atoms with E-state index in [-0.39, 0.29) is 24.1 Å². The molecular weight excluding hydrogens is 339 g/mol. The average molecular weight is 370 g/mol. The summed E-state index contributed by atoms with van der Waals surface area (Å²) in [4.78, 5) is 0. The highest BCUT2D eigenvalue weighted by Gasteiger charge is 2.32. The minimum Gasteiger partial charge on any atom is -0.507 e. The van der Waals surface area contributed by atoms with Crippen LogP contribution in [0.2, 0.25) is 0 Å². The van der Waals surface area contributed by atoms with Crippen LogP contribution in [0.5, 0.6) is 5.75 Å². The van der Waals surface area contributed by atoms with E-state index < -0.39 is 13.4 Å². The molecule has 3 unspecified atom stereocenters. The summed E-state index contributed by atoms with van der Waals surface area (Å²) in [5.41, 5.74) is 0.542. The quantitative estimate of drug-likeness (QED) is 0.715. The Morgan fingerprint density at radius 2 is 1.96 bits per heavy atom. The highest BCUT2D eigenvalue weighted by atomic mass is 31.2. The normalized spacial score (nSPS) is 25.7. The van der Waals surface area contributed by atoms with Crippen LogP contribution in [0.15, 0.2) is 18.2 Å². The Hall–Kier alpha value is -0.870. The molecule has 4 atom stereocenters. The van der Waals surface area contributed by atoms with Crippen molar-refractivity contribution in [1.29, 1.82) is 0 Å². The molecular formula is C19H31O5P. The average Bonchev–Trinajstić information content (AvgIpc) is 2.53. The Kier molecular flexibility index (Phi) is 7.10. The summed E-state index contributed by atoms with van der Waals surface area (Å²) >= 11 is 0. The van der Waals surface area contributed by atoms with Crippen molar-refractivity contribution in [3.05, 3.63) is 23.8 Å². The van der Waals surface area contributed by atoms with Crippen LogP contribution in [0, 0.1) is 0 Å². The number of aromatic hydroxyl groups is 1. The van der Waals surface area contributed by atoms with Gasteiger partial charge >= 0.3 is 0 Å². The number of rotatable bonds is 7. The second kappa shape index (κ2) is 8.68. The topological polar surface area (TPSA) is 76.0 Å². The number of phenolic OH excluding ortho intramolecular Hbond substituents is 1. The summed E-state index contributed by atoms with van der Waals surface area (Å²) in [6, 6.07) is 5.00. The number of hydrogen-bond donors (Lipinski definition) is 2. The van der Waals surface area contributed by atoms with Gasteiger partial charge in [-0.15, -0.1) is 0 Å². The molecule has 1 aromatic rings. The van der Waals surface area contributed by atoms with E-state index in [9.17, 15) is 14.8 Å². The fourth-order valence-corrected chi connectivity index (χ4v) is 3.97. The molecule has 1 aliphatic heterocycles. The van der Waals surface area contributed by atoms with E-state index in [1.54, 1.807) is 38.5 Å². The molecule has 0 aromatic heterocycles. The van der Waals surface area contributed by atoms with Crippen LogP contribution >= 0.6 is 7.14 Å². The number of benzene rings is 1. The van der Waals surface area contributed by atoms with Gasteiger partial charge in [-0.3, -0.25) is 0 Å². The summed E-state index contributed by atoms with van der Waals surface area (Å²) in [5.74, 6) is 0.0988. The number of aliphatic hydroxyl groups excluding tert-OH is 1. The maximum Gasteiger partial charge on any atom is 0.188 e. The van der Waals surface area contributed by atoms with E-state index in [0.29, 0.717) is 10.9 Å². The van der Waals surface area contributed by atoms with E-state index in [0.717, 1.165) is 32.1 Å². The third-order valence-corrected chi connectivity index (χ3v) is 6.17. The van der Waals surface area contributed by atoms with E-state index in [2.05, 4.69) is 6.92 Å². The lowest BCUT2D eigenvalue weighted by atomic mass is 10.0. The van der Waals surface area contributed by atoms with Crippen molar-refractivity contribution in [1.82, 2.24) is 0 Å². The number of phenols is 1. The molecule has 0 radical (unpaired) electrons. The zero-order chi connectivity index (χ0) is 18.6. The summed E-state index contributed by atoms with van der Waals surface area (Å²) in [7, 11) is -2.43. The number of ether oxygens (including phenoxy) is 2. The van der Waals surface area contributed by atoms with Crippen LogP contribution in [0.1, 0.15) is 57.8 Å². The van der Waals surface area contributed by atoms with Crippen molar-refractivity contribution < 1.29 is 24.3 Å². The monoisotopic (exact) mass is 370 g/mol. The smallest absolute Gasteiger partial charge is 0.188 e. The van der Waals surface area contributed by atoms with Crippen molar-refractivity contribution in [2.24, 2.45) is 0 Å². The van der Waals surface area contributed by atoms with Gasteiger partial charge in [0.25, 0.3) is 0 Å². The van der Waals surface area contributed by atoms with Gasteiger partial charge in [0.05, 0.1) is 23.9 Å². The molecule has 0 spiro atoms. The summed E-state index contributed by atoms with van der Waals surface area (Å²) < 4.78 is 24.5. The van der Waals surface area contributed by atoms with Crippen molar-refractivity contribution in [2.45, 2.75) is 70.6 Å². The highest BCUT2D eigenvalue weighted by Crippen LogP contribution is 2.40. The maximum atomic E-state index is 12.4. The first kappa shape index (κ1) is 20.4. The minimum atomic E-state index is -2.43. The Balaban J connectivity index is 2.17. The molecule has 1 aromatic carbocycles. The molecule has 142 valence electrons. The molecule has 6 heteroatoms. The fraction of sp³-hybridized carbons (Fsp3) is 0.684. The van der Waals surface area contributed by atoms with E-state index in [4.69, 9.17) is 9.47 Å². The van der Waals surface area contributed by atoms with E-state index >= 15 is 0 Å². The molecule has 25 heavy (non-hydrogen) atoms. The first-order chi connectivity index (χ1) is 11.7. The molecule has 1 saturated heterocycles. The van der Waals surface area contributed by atoms with Gasteiger partial charge < -0.3 is 24.3 Å². The Labute approximate surface area is 150 Å². The van der Waals surface area contributed by atoms with Crippen LogP contribution < -0.4 is 5.30 Å². The summed E-state index contributed by atoms with van der Waals surface area (Å²) in [6.07, 6.45) is 3.30. The van der Waals surface area contributed by atoms with Gasteiger partial charge in [-0.2, -0.15) is 0 Å².